The fourth-order valence-electron chi connectivity index (χ4n) is 4.04. The second-order valence-corrected chi connectivity index (χ2v) is 7.51. The third kappa shape index (κ3) is 3.60. The first-order valence-electron chi connectivity index (χ1n) is 9.39. The Morgan fingerprint density at radius 3 is 2.81 bits per heavy atom. The molecule has 0 bridgehead atoms. The molecule has 3 heterocycles. The average molecular weight is 372 g/mol. The van der Waals surface area contributed by atoms with E-state index in [1.54, 1.807) is 4.90 Å². The monoisotopic (exact) mass is 372 g/mol. The normalized spacial score (nSPS) is 27.8. The lowest BCUT2D eigenvalue weighted by molar-refractivity contribution is -0.136. The van der Waals surface area contributed by atoms with Gasteiger partial charge in [-0.25, -0.2) is 0 Å². The second-order valence-electron chi connectivity index (χ2n) is 7.51. The SMILES string of the molecule is O=C1CCC(N2Cc3ccc(CNCC4CNCC4O)cc3C2=O)C(=O)N1. The summed E-state index contributed by atoms with van der Waals surface area (Å²) in [5.41, 5.74) is 2.53. The zero-order valence-electron chi connectivity index (χ0n) is 15.0. The maximum absolute atomic E-state index is 12.8. The molecule has 8 heteroatoms. The molecular formula is C19H24N4O4. The van der Waals surface area contributed by atoms with Crippen molar-refractivity contribution in [2.24, 2.45) is 5.92 Å². The molecule has 3 atom stereocenters. The average Bonchev–Trinajstić information content (AvgIpc) is 3.19. The van der Waals surface area contributed by atoms with Crippen molar-refractivity contribution in [1.82, 2.24) is 20.9 Å². The van der Waals surface area contributed by atoms with Crippen LogP contribution in [0, 0.1) is 5.92 Å². The number of imide groups is 1. The zero-order valence-corrected chi connectivity index (χ0v) is 15.0. The Morgan fingerprint density at radius 1 is 1.22 bits per heavy atom. The Hall–Kier alpha value is -2.29. The number of aliphatic hydroxyl groups is 1. The molecule has 1 aromatic carbocycles. The van der Waals surface area contributed by atoms with E-state index in [1.807, 2.05) is 18.2 Å². The number of rotatable bonds is 5. The third-order valence-corrected chi connectivity index (χ3v) is 5.63. The lowest BCUT2D eigenvalue weighted by atomic mass is 10.0. The predicted molar refractivity (Wildman–Crippen MR) is 96.6 cm³/mol. The van der Waals surface area contributed by atoms with Crippen LogP contribution in [0.25, 0.3) is 0 Å². The maximum Gasteiger partial charge on any atom is 0.255 e. The van der Waals surface area contributed by atoms with Crippen LogP contribution in [0.4, 0.5) is 0 Å². The van der Waals surface area contributed by atoms with Gasteiger partial charge < -0.3 is 20.6 Å². The first-order chi connectivity index (χ1) is 13.0. The van der Waals surface area contributed by atoms with Crippen molar-refractivity contribution in [3.8, 4) is 0 Å². The molecule has 3 unspecified atom stereocenters. The van der Waals surface area contributed by atoms with Crippen molar-refractivity contribution in [2.45, 2.75) is 38.1 Å². The minimum Gasteiger partial charge on any atom is -0.391 e. The minimum absolute atomic E-state index is 0.156. The molecule has 0 spiro atoms. The summed E-state index contributed by atoms with van der Waals surface area (Å²) < 4.78 is 0. The Morgan fingerprint density at radius 2 is 2.07 bits per heavy atom. The van der Waals surface area contributed by atoms with Gasteiger partial charge in [0.25, 0.3) is 5.91 Å². The van der Waals surface area contributed by atoms with E-state index in [1.165, 1.54) is 0 Å². The predicted octanol–water partition coefficient (Wildman–Crippen LogP) is -0.882. The molecule has 2 saturated heterocycles. The van der Waals surface area contributed by atoms with Crippen molar-refractivity contribution in [3.63, 3.8) is 0 Å². The first-order valence-corrected chi connectivity index (χ1v) is 9.39. The number of aliphatic hydroxyl groups excluding tert-OH is 1. The standard InChI is InChI=1S/C19H24N4O4/c24-16-9-21-8-13(16)7-20-6-11-1-2-12-10-23(19(27)14(12)5-11)15-3-4-17(25)22-18(15)26/h1-2,5,13,15-16,20-21,24H,3-4,6-10H2,(H,22,25,26). The molecule has 3 amide bonds. The highest BCUT2D eigenvalue weighted by Gasteiger charge is 2.39. The number of β-amino-alcohol motifs (C(OH)–C–C–N with tert-alkyl or cyclic N) is 1. The van der Waals surface area contributed by atoms with E-state index in [9.17, 15) is 19.5 Å². The lowest BCUT2D eigenvalue weighted by Crippen LogP contribution is -2.52. The molecule has 27 heavy (non-hydrogen) atoms. The Balaban J connectivity index is 1.39. The number of nitrogens with zero attached hydrogens (tertiary/aromatic N) is 1. The molecule has 0 radical (unpaired) electrons. The molecule has 4 N–H and O–H groups in total. The number of benzene rings is 1. The van der Waals surface area contributed by atoms with Crippen LogP contribution in [-0.4, -0.2) is 59.5 Å². The molecule has 4 rings (SSSR count). The van der Waals surface area contributed by atoms with Crippen molar-refractivity contribution >= 4 is 17.7 Å². The van der Waals surface area contributed by atoms with Gasteiger partial charge in [-0.05, 0) is 23.6 Å². The van der Waals surface area contributed by atoms with Crippen molar-refractivity contribution in [2.75, 3.05) is 19.6 Å². The number of amides is 3. The summed E-state index contributed by atoms with van der Waals surface area (Å²) in [6.07, 6.45) is 0.311. The number of carbonyl (C=O) groups is 3. The molecule has 2 fully saturated rings. The highest BCUT2D eigenvalue weighted by molar-refractivity contribution is 6.05. The van der Waals surface area contributed by atoms with Gasteiger partial charge in [0.2, 0.25) is 11.8 Å². The van der Waals surface area contributed by atoms with Crippen LogP contribution in [0.5, 0.6) is 0 Å². The van der Waals surface area contributed by atoms with E-state index in [0.29, 0.717) is 38.2 Å². The van der Waals surface area contributed by atoms with E-state index in [-0.39, 0.29) is 30.3 Å². The number of carbonyl (C=O) groups excluding carboxylic acids is 3. The molecule has 0 aliphatic carbocycles. The largest absolute Gasteiger partial charge is 0.391 e. The topological polar surface area (TPSA) is 111 Å². The molecule has 0 saturated carbocycles. The summed E-state index contributed by atoms with van der Waals surface area (Å²) in [4.78, 5) is 37.8. The highest BCUT2D eigenvalue weighted by Crippen LogP contribution is 2.28. The van der Waals surface area contributed by atoms with Crippen LogP contribution in [0.3, 0.4) is 0 Å². The summed E-state index contributed by atoms with van der Waals surface area (Å²) in [7, 11) is 0. The zero-order chi connectivity index (χ0) is 19.0. The molecular weight excluding hydrogens is 348 g/mol. The van der Waals surface area contributed by atoms with Gasteiger partial charge in [-0.1, -0.05) is 12.1 Å². The summed E-state index contributed by atoms with van der Waals surface area (Å²) >= 11 is 0. The van der Waals surface area contributed by atoms with Crippen LogP contribution in [0.15, 0.2) is 18.2 Å². The number of hydrogen-bond acceptors (Lipinski definition) is 6. The van der Waals surface area contributed by atoms with Gasteiger partial charge in [-0.2, -0.15) is 0 Å². The van der Waals surface area contributed by atoms with E-state index in [2.05, 4.69) is 16.0 Å². The quantitative estimate of drug-likeness (QED) is 0.500. The van der Waals surface area contributed by atoms with Crippen molar-refractivity contribution in [1.29, 1.82) is 0 Å². The van der Waals surface area contributed by atoms with Crippen LogP contribution >= 0.6 is 0 Å². The molecule has 0 aromatic heterocycles. The third-order valence-electron chi connectivity index (χ3n) is 5.63. The van der Waals surface area contributed by atoms with Gasteiger partial charge in [-0.15, -0.1) is 0 Å². The lowest BCUT2D eigenvalue weighted by Gasteiger charge is -2.29. The highest BCUT2D eigenvalue weighted by atomic mass is 16.3. The van der Waals surface area contributed by atoms with Gasteiger partial charge in [-0.3, -0.25) is 19.7 Å². The van der Waals surface area contributed by atoms with Gasteiger partial charge in [0.05, 0.1) is 6.10 Å². The summed E-state index contributed by atoms with van der Waals surface area (Å²) in [6, 6.07) is 5.21. The summed E-state index contributed by atoms with van der Waals surface area (Å²) in [5.74, 6) is -0.629. The smallest absolute Gasteiger partial charge is 0.255 e. The number of hydrogen-bond donors (Lipinski definition) is 4. The van der Waals surface area contributed by atoms with E-state index < -0.39 is 11.9 Å². The molecule has 1 aromatic rings. The Bertz CT molecular complexity index is 781. The second kappa shape index (κ2) is 7.38. The molecule has 3 aliphatic rings. The number of nitrogens with one attached hydrogen (secondary N) is 3. The van der Waals surface area contributed by atoms with E-state index >= 15 is 0 Å². The van der Waals surface area contributed by atoms with Crippen molar-refractivity contribution < 1.29 is 19.5 Å². The van der Waals surface area contributed by atoms with Gasteiger partial charge in [0.15, 0.2) is 0 Å². The van der Waals surface area contributed by atoms with E-state index in [4.69, 9.17) is 0 Å². The van der Waals surface area contributed by atoms with Crippen LogP contribution in [-0.2, 0) is 22.7 Å². The number of piperidine rings is 1. The summed E-state index contributed by atoms with van der Waals surface area (Å²) in [6.45, 7) is 3.16. The van der Waals surface area contributed by atoms with Crippen LogP contribution in [0.1, 0.15) is 34.3 Å². The molecule has 144 valence electrons. The Kier molecular flexibility index (Phi) is 4.94. The van der Waals surface area contributed by atoms with Gasteiger partial charge >= 0.3 is 0 Å². The van der Waals surface area contributed by atoms with Crippen LogP contribution < -0.4 is 16.0 Å². The molecule has 3 aliphatic heterocycles. The van der Waals surface area contributed by atoms with Gasteiger partial charge in [0, 0.05) is 50.6 Å². The van der Waals surface area contributed by atoms with E-state index in [0.717, 1.165) is 17.7 Å². The Labute approximate surface area is 157 Å². The van der Waals surface area contributed by atoms with Gasteiger partial charge in [0.1, 0.15) is 6.04 Å². The minimum atomic E-state index is -0.583. The van der Waals surface area contributed by atoms with Crippen molar-refractivity contribution in [3.05, 3.63) is 34.9 Å². The number of fused-ring (bicyclic) bond motifs is 1. The first kappa shape index (κ1) is 18.1. The fourth-order valence-corrected chi connectivity index (χ4v) is 4.04. The molecule has 8 nitrogen and oxygen atoms in total. The summed E-state index contributed by atoms with van der Waals surface area (Å²) in [5, 5.41) is 18.6. The maximum atomic E-state index is 12.8. The fraction of sp³-hybridized carbons (Fsp3) is 0.526. The van der Waals surface area contributed by atoms with Crippen LogP contribution in [0.2, 0.25) is 0 Å².